The molecule has 1 aromatic heterocycles. The maximum absolute atomic E-state index is 11.3. The molecule has 0 spiro atoms. The minimum atomic E-state index is -1.00. The Balaban J connectivity index is 2.39. The Bertz CT molecular complexity index is 817. The molecule has 0 atom stereocenters. The number of benzene rings is 2. The molecular weight excluding hydrogens is 276 g/mol. The number of rotatable bonds is 3. The van der Waals surface area contributed by atoms with E-state index in [0.29, 0.717) is 28.9 Å². The third-order valence-corrected chi connectivity index (χ3v) is 3.36. The first kappa shape index (κ1) is 12.8. The molecule has 0 fully saturated rings. The first-order valence-corrected chi connectivity index (χ1v) is 6.72. The molecule has 0 aliphatic carbocycles. The van der Waals surface area contributed by atoms with E-state index < -0.39 is 5.97 Å². The SMILES string of the molecule is O=C(O)c1cccc2nc3cccc(CCCl)c3nc12. The number of para-hydroxylation sites is 2. The van der Waals surface area contributed by atoms with Gasteiger partial charge < -0.3 is 5.11 Å². The van der Waals surface area contributed by atoms with Gasteiger partial charge in [-0.15, -0.1) is 11.6 Å². The molecule has 5 heteroatoms. The van der Waals surface area contributed by atoms with Crippen LogP contribution in [0.1, 0.15) is 15.9 Å². The molecule has 1 heterocycles. The average Bonchev–Trinajstić information content (AvgIpc) is 2.45. The van der Waals surface area contributed by atoms with Crippen LogP contribution in [0.3, 0.4) is 0 Å². The Labute approximate surface area is 120 Å². The van der Waals surface area contributed by atoms with E-state index >= 15 is 0 Å². The van der Waals surface area contributed by atoms with Crippen LogP contribution in [0.5, 0.6) is 0 Å². The van der Waals surface area contributed by atoms with E-state index in [1.165, 1.54) is 6.07 Å². The van der Waals surface area contributed by atoms with Crippen molar-refractivity contribution in [3.05, 3.63) is 47.5 Å². The number of fused-ring (bicyclic) bond motifs is 2. The average molecular weight is 287 g/mol. The molecule has 4 nitrogen and oxygen atoms in total. The molecule has 100 valence electrons. The van der Waals surface area contributed by atoms with Crippen molar-refractivity contribution in [2.45, 2.75) is 6.42 Å². The van der Waals surface area contributed by atoms with Crippen molar-refractivity contribution in [1.82, 2.24) is 9.97 Å². The molecule has 0 saturated carbocycles. The normalized spacial score (nSPS) is 11.1. The van der Waals surface area contributed by atoms with Gasteiger partial charge in [-0.05, 0) is 30.2 Å². The minimum Gasteiger partial charge on any atom is -0.478 e. The van der Waals surface area contributed by atoms with Crippen molar-refractivity contribution in [1.29, 1.82) is 0 Å². The lowest BCUT2D eigenvalue weighted by Crippen LogP contribution is -2.01. The number of carboxylic acid groups (broad SMARTS) is 1. The van der Waals surface area contributed by atoms with Gasteiger partial charge in [-0.2, -0.15) is 0 Å². The molecule has 0 unspecified atom stereocenters. The van der Waals surface area contributed by atoms with Gasteiger partial charge in [-0.3, -0.25) is 0 Å². The smallest absolute Gasteiger partial charge is 0.337 e. The first-order valence-electron chi connectivity index (χ1n) is 6.18. The highest BCUT2D eigenvalue weighted by molar-refractivity contribution is 6.18. The number of alkyl halides is 1. The Morgan fingerprint density at radius 2 is 1.75 bits per heavy atom. The van der Waals surface area contributed by atoms with E-state index in [1.54, 1.807) is 12.1 Å². The van der Waals surface area contributed by atoms with Crippen molar-refractivity contribution in [2.24, 2.45) is 0 Å². The van der Waals surface area contributed by atoms with Gasteiger partial charge in [0.15, 0.2) is 0 Å². The Morgan fingerprint density at radius 1 is 1.05 bits per heavy atom. The number of nitrogens with zero attached hydrogens (tertiary/aromatic N) is 2. The summed E-state index contributed by atoms with van der Waals surface area (Å²) in [7, 11) is 0. The summed E-state index contributed by atoms with van der Waals surface area (Å²) in [5.74, 6) is -0.515. The van der Waals surface area contributed by atoms with Crippen LogP contribution in [-0.4, -0.2) is 26.9 Å². The number of aromatic nitrogens is 2. The van der Waals surface area contributed by atoms with Crippen LogP contribution in [0.2, 0.25) is 0 Å². The number of halogens is 1. The fourth-order valence-corrected chi connectivity index (χ4v) is 2.46. The van der Waals surface area contributed by atoms with Crippen LogP contribution >= 0.6 is 11.6 Å². The Morgan fingerprint density at radius 3 is 2.45 bits per heavy atom. The first-order chi connectivity index (χ1) is 9.70. The van der Waals surface area contributed by atoms with Gasteiger partial charge in [0.2, 0.25) is 0 Å². The lowest BCUT2D eigenvalue weighted by Gasteiger charge is -2.07. The maximum Gasteiger partial charge on any atom is 0.337 e. The largest absolute Gasteiger partial charge is 0.478 e. The third-order valence-electron chi connectivity index (χ3n) is 3.17. The van der Waals surface area contributed by atoms with E-state index in [2.05, 4.69) is 9.97 Å². The monoisotopic (exact) mass is 286 g/mol. The Kier molecular flexibility index (Phi) is 3.24. The summed E-state index contributed by atoms with van der Waals surface area (Å²) in [4.78, 5) is 20.3. The topological polar surface area (TPSA) is 63.1 Å². The summed E-state index contributed by atoms with van der Waals surface area (Å²) < 4.78 is 0. The number of hydrogen-bond donors (Lipinski definition) is 1. The second-order valence-electron chi connectivity index (χ2n) is 4.43. The molecule has 0 saturated heterocycles. The highest BCUT2D eigenvalue weighted by Crippen LogP contribution is 2.22. The summed E-state index contributed by atoms with van der Waals surface area (Å²) in [5, 5.41) is 9.24. The molecule has 3 rings (SSSR count). The zero-order valence-corrected chi connectivity index (χ0v) is 11.3. The van der Waals surface area contributed by atoms with Crippen molar-refractivity contribution in [3.8, 4) is 0 Å². The van der Waals surface area contributed by atoms with Crippen molar-refractivity contribution in [2.75, 3.05) is 5.88 Å². The molecule has 1 N–H and O–H groups in total. The van der Waals surface area contributed by atoms with E-state index in [-0.39, 0.29) is 5.56 Å². The molecule has 20 heavy (non-hydrogen) atoms. The lowest BCUT2D eigenvalue weighted by atomic mass is 10.1. The molecule has 2 aromatic carbocycles. The fourth-order valence-electron chi connectivity index (χ4n) is 2.25. The Hall–Kier alpha value is -2.20. The lowest BCUT2D eigenvalue weighted by molar-refractivity contribution is 0.0699. The number of aryl methyl sites for hydroxylation is 1. The van der Waals surface area contributed by atoms with Crippen LogP contribution in [0.15, 0.2) is 36.4 Å². The molecule has 0 aliphatic rings. The standard InChI is InChI=1S/C15H11ClN2O2/c16-8-7-9-3-1-5-11-13(9)18-14-10(15(19)20)4-2-6-12(14)17-11/h1-6H,7-8H2,(H,19,20). The van der Waals surface area contributed by atoms with Crippen LogP contribution in [-0.2, 0) is 6.42 Å². The second kappa shape index (κ2) is 5.06. The molecular formula is C15H11ClN2O2. The number of aromatic carboxylic acids is 1. The molecule has 0 radical (unpaired) electrons. The molecule has 0 aliphatic heterocycles. The fraction of sp³-hybridized carbons (Fsp3) is 0.133. The van der Waals surface area contributed by atoms with Gasteiger partial charge >= 0.3 is 5.97 Å². The quantitative estimate of drug-likeness (QED) is 0.593. The molecule has 0 bridgehead atoms. The van der Waals surface area contributed by atoms with Crippen molar-refractivity contribution in [3.63, 3.8) is 0 Å². The highest BCUT2D eigenvalue weighted by Gasteiger charge is 2.12. The van der Waals surface area contributed by atoms with Crippen molar-refractivity contribution < 1.29 is 9.90 Å². The van der Waals surface area contributed by atoms with Gasteiger partial charge in [0.1, 0.15) is 5.52 Å². The van der Waals surface area contributed by atoms with Crippen LogP contribution in [0.4, 0.5) is 0 Å². The predicted molar refractivity (Wildman–Crippen MR) is 78.4 cm³/mol. The van der Waals surface area contributed by atoms with E-state index in [0.717, 1.165) is 11.1 Å². The summed E-state index contributed by atoms with van der Waals surface area (Å²) in [6.07, 6.45) is 0.675. The minimum absolute atomic E-state index is 0.164. The second-order valence-corrected chi connectivity index (χ2v) is 4.80. The van der Waals surface area contributed by atoms with Gasteiger partial charge in [-0.25, -0.2) is 14.8 Å². The summed E-state index contributed by atoms with van der Waals surface area (Å²) in [5.41, 5.74) is 3.61. The summed E-state index contributed by atoms with van der Waals surface area (Å²) >= 11 is 5.79. The van der Waals surface area contributed by atoms with E-state index in [9.17, 15) is 9.90 Å². The predicted octanol–water partition coefficient (Wildman–Crippen LogP) is 3.26. The summed E-state index contributed by atoms with van der Waals surface area (Å²) in [6, 6.07) is 10.7. The number of carbonyl (C=O) groups is 1. The van der Waals surface area contributed by atoms with Gasteiger partial charge in [-0.1, -0.05) is 18.2 Å². The van der Waals surface area contributed by atoms with Gasteiger partial charge in [0.05, 0.1) is 22.1 Å². The van der Waals surface area contributed by atoms with Crippen molar-refractivity contribution >= 4 is 39.6 Å². The van der Waals surface area contributed by atoms with Gasteiger partial charge in [0.25, 0.3) is 0 Å². The van der Waals surface area contributed by atoms with Crippen LogP contribution in [0, 0.1) is 0 Å². The zero-order chi connectivity index (χ0) is 14.1. The molecule has 0 amide bonds. The molecule has 3 aromatic rings. The number of hydrogen-bond acceptors (Lipinski definition) is 3. The van der Waals surface area contributed by atoms with Crippen LogP contribution < -0.4 is 0 Å². The van der Waals surface area contributed by atoms with Gasteiger partial charge in [0, 0.05) is 5.88 Å². The maximum atomic E-state index is 11.3. The van der Waals surface area contributed by atoms with E-state index in [4.69, 9.17) is 11.6 Å². The highest BCUT2D eigenvalue weighted by atomic mass is 35.5. The third kappa shape index (κ3) is 2.08. The van der Waals surface area contributed by atoms with E-state index in [1.807, 2.05) is 18.2 Å². The summed E-state index contributed by atoms with van der Waals surface area (Å²) in [6.45, 7) is 0. The number of carboxylic acids is 1. The zero-order valence-electron chi connectivity index (χ0n) is 10.5. The van der Waals surface area contributed by atoms with Crippen LogP contribution in [0.25, 0.3) is 22.1 Å².